The number of nitrogens with zero attached hydrogens (tertiary/aromatic N) is 1. The van der Waals surface area contributed by atoms with E-state index in [-0.39, 0.29) is 22.9 Å². The van der Waals surface area contributed by atoms with Crippen LogP contribution in [0.15, 0.2) is 42.6 Å². The maximum absolute atomic E-state index is 13.0. The number of aromatic nitrogens is 1. The number of alkyl halides is 3. The average Bonchev–Trinajstić information content (AvgIpc) is 2.61. The molecule has 0 radical (unpaired) electrons. The Morgan fingerprint density at radius 2 is 1.81 bits per heavy atom. The Morgan fingerprint density at radius 1 is 1.11 bits per heavy atom. The normalized spacial score (nSPS) is 11.3. The number of pyridine rings is 1. The van der Waals surface area contributed by atoms with Gasteiger partial charge in [0.15, 0.2) is 0 Å². The quantitative estimate of drug-likeness (QED) is 0.793. The summed E-state index contributed by atoms with van der Waals surface area (Å²) in [5, 5.41) is 4.93. The van der Waals surface area contributed by atoms with Crippen LogP contribution in [0.2, 0.25) is 0 Å². The Labute approximate surface area is 155 Å². The number of halogens is 3. The Balaban J connectivity index is 2.13. The topological polar surface area (TPSA) is 71.1 Å². The minimum Gasteiger partial charge on any atom is -0.352 e. The van der Waals surface area contributed by atoms with E-state index in [1.54, 1.807) is 0 Å². The van der Waals surface area contributed by atoms with Gasteiger partial charge in [0.1, 0.15) is 5.69 Å². The smallest absolute Gasteiger partial charge is 0.352 e. The molecule has 2 rings (SSSR count). The van der Waals surface area contributed by atoms with Crippen molar-refractivity contribution in [2.75, 3.05) is 11.9 Å². The van der Waals surface area contributed by atoms with Crippen LogP contribution in [-0.2, 0) is 6.18 Å². The van der Waals surface area contributed by atoms with Gasteiger partial charge in [0.2, 0.25) is 0 Å². The van der Waals surface area contributed by atoms with E-state index in [0.29, 0.717) is 12.5 Å². The van der Waals surface area contributed by atoms with Crippen molar-refractivity contribution < 1.29 is 22.8 Å². The van der Waals surface area contributed by atoms with E-state index >= 15 is 0 Å². The number of carbonyl (C=O) groups is 2. The largest absolute Gasteiger partial charge is 0.418 e. The molecule has 0 aliphatic heterocycles. The summed E-state index contributed by atoms with van der Waals surface area (Å²) in [7, 11) is 0. The highest BCUT2D eigenvalue weighted by Gasteiger charge is 2.33. The van der Waals surface area contributed by atoms with Gasteiger partial charge in [-0.15, -0.1) is 0 Å². The molecule has 0 aliphatic rings. The summed E-state index contributed by atoms with van der Waals surface area (Å²) >= 11 is 0. The third-order valence-electron chi connectivity index (χ3n) is 3.74. The number of benzene rings is 1. The summed E-state index contributed by atoms with van der Waals surface area (Å²) in [6.45, 7) is 4.54. The molecule has 144 valence electrons. The van der Waals surface area contributed by atoms with E-state index in [0.717, 1.165) is 18.6 Å². The van der Waals surface area contributed by atoms with Gasteiger partial charge in [0.05, 0.1) is 11.3 Å². The minimum absolute atomic E-state index is 0.150. The van der Waals surface area contributed by atoms with Crippen LogP contribution >= 0.6 is 0 Å². The first-order chi connectivity index (χ1) is 12.7. The molecule has 5 nitrogen and oxygen atoms in total. The van der Waals surface area contributed by atoms with Gasteiger partial charge < -0.3 is 10.6 Å². The number of anilines is 1. The predicted molar refractivity (Wildman–Crippen MR) is 95.4 cm³/mol. The number of para-hydroxylation sites is 1. The SMILES string of the molecule is CC(C)CCNC(=O)c1ccnc(C(=O)Nc2ccccc2C(F)(F)F)c1. The fourth-order valence-corrected chi connectivity index (χ4v) is 2.30. The van der Waals surface area contributed by atoms with Gasteiger partial charge in [-0.05, 0) is 36.6 Å². The lowest BCUT2D eigenvalue weighted by atomic mass is 10.1. The van der Waals surface area contributed by atoms with Crippen molar-refractivity contribution in [3.8, 4) is 0 Å². The second-order valence-corrected chi connectivity index (χ2v) is 6.37. The molecule has 0 aliphatic carbocycles. The van der Waals surface area contributed by atoms with Gasteiger partial charge in [-0.1, -0.05) is 26.0 Å². The lowest BCUT2D eigenvalue weighted by molar-refractivity contribution is -0.136. The van der Waals surface area contributed by atoms with Crippen molar-refractivity contribution in [1.29, 1.82) is 0 Å². The maximum atomic E-state index is 13.0. The van der Waals surface area contributed by atoms with Crippen molar-refractivity contribution in [3.05, 3.63) is 59.4 Å². The molecule has 0 unspecified atom stereocenters. The summed E-state index contributed by atoms with van der Waals surface area (Å²) in [5.41, 5.74) is -1.27. The lowest BCUT2D eigenvalue weighted by Gasteiger charge is -2.13. The molecular weight excluding hydrogens is 359 g/mol. The second-order valence-electron chi connectivity index (χ2n) is 6.37. The monoisotopic (exact) mass is 379 g/mol. The molecule has 1 aromatic carbocycles. The summed E-state index contributed by atoms with van der Waals surface area (Å²) in [5.74, 6) is -0.774. The highest BCUT2D eigenvalue weighted by atomic mass is 19.4. The number of amides is 2. The zero-order valence-corrected chi connectivity index (χ0v) is 14.9. The van der Waals surface area contributed by atoms with E-state index in [1.165, 1.54) is 30.5 Å². The maximum Gasteiger partial charge on any atom is 0.418 e. The van der Waals surface area contributed by atoms with E-state index < -0.39 is 17.6 Å². The molecule has 0 saturated carbocycles. The van der Waals surface area contributed by atoms with Gasteiger partial charge in [-0.25, -0.2) is 0 Å². The molecule has 0 bridgehead atoms. The first-order valence-corrected chi connectivity index (χ1v) is 8.40. The van der Waals surface area contributed by atoms with Gasteiger partial charge >= 0.3 is 6.18 Å². The summed E-state index contributed by atoms with van der Waals surface area (Å²) in [4.78, 5) is 28.3. The molecule has 0 saturated heterocycles. The predicted octanol–water partition coefficient (Wildman–Crippen LogP) is 4.13. The van der Waals surface area contributed by atoms with Crippen molar-refractivity contribution in [2.24, 2.45) is 5.92 Å². The standard InChI is InChI=1S/C19H20F3N3O2/c1-12(2)7-9-24-17(26)13-8-10-23-16(11-13)18(27)25-15-6-4-3-5-14(15)19(20,21)22/h3-6,8,10-12H,7,9H2,1-2H3,(H,24,26)(H,25,27). The number of hydrogen-bond acceptors (Lipinski definition) is 3. The van der Waals surface area contributed by atoms with Crippen LogP contribution < -0.4 is 10.6 Å². The number of carbonyl (C=O) groups excluding carboxylic acids is 2. The van der Waals surface area contributed by atoms with Crippen LogP contribution in [0, 0.1) is 5.92 Å². The average molecular weight is 379 g/mol. The van der Waals surface area contributed by atoms with E-state index in [2.05, 4.69) is 15.6 Å². The number of nitrogens with one attached hydrogen (secondary N) is 2. The molecule has 0 spiro atoms. The Kier molecular flexibility index (Phi) is 6.55. The molecule has 2 N–H and O–H groups in total. The minimum atomic E-state index is -4.60. The van der Waals surface area contributed by atoms with Crippen molar-refractivity contribution >= 4 is 17.5 Å². The summed E-state index contributed by atoms with van der Waals surface area (Å²) in [6.07, 6.45) is -2.53. The Hall–Kier alpha value is -2.90. The fraction of sp³-hybridized carbons (Fsp3) is 0.316. The molecule has 2 amide bonds. The van der Waals surface area contributed by atoms with Crippen LogP contribution in [0.25, 0.3) is 0 Å². The van der Waals surface area contributed by atoms with Gasteiger partial charge in [0, 0.05) is 18.3 Å². The zero-order valence-electron chi connectivity index (χ0n) is 14.9. The van der Waals surface area contributed by atoms with Gasteiger partial charge in [0.25, 0.3) is 11.8 Å². The molecule has 1 aromatic heterocycles. The second kappa shape index (κ2) is 8.66. The molecule has 2 aromatic rings. The van der Waals surface area contributed by atoms with E-state index in [1.807, 2.05) is 13.8 Å². The molecule has 0 fully saturated rings. The first-order valence-electron chi connectivity index (χ1n) is 8.40. The van der Waals surface area contributed by atoms with Gasteiger partial charge in [-0.2, -0.15) is 13.2 Å². The van der Waals surface area contributed by atoms with Crippen LogP contribution in [0.1, 0.15) is 46.7 Å². The van der Waals surface area contributed by atoms with E-state index in [4.69, 9.17) is 0 Å². The van der Waals surface area contributed by atoms with Crippen LogP contribution in [0.3, 0.4) is 0 Å². The van der Waals surface area contributed by atoms with Crippen molar-refractivity contribution in [2.45, 2.75) is 26.4 Å². The number of hydrogen-bond donors (Lipinski definition) is 2. The van der Waals surface area contributed by atoms with E-state index in [9.17, 15) is 22.8 Å². The molecule has 1 heterocycles. The van der Waals surface area contributed by atoms with Crippen LogP contribution in [0.4, 0.5) is 18.9 Å². The van der Waals surface area contributed by atoms with Crippen molar-refractivity contribution in [3.63, 3.8) is 0 Å². The molecule has 8 heteroatoms. The third kappa shape index (κ3) is 5.80. The Bertz CT molecular complexity index is 820. The molecule has 27 heavy (non-hydrogen) atoms. The first kappa shape index (κ1) is 20.4. The van der Waals surface area contributed by atoms with Crippen molar-refractivity contribution in [1.82, 2.24) is 10.3 Å². The zero-order chi connectivity index (χ0) is 20.0. The van der Waals surface area contributed by atoms with Crippen LogP contribution in [-0.4, -0.2) is 23.3 Å². The summed E-state index contributed by atoms with van der Waals surface area (Å²) < 4.78 is 39.1. The third-order valence-corrected chi connectivity index (χ3v) is 3.74. The van der Waals surface area contributed by atoms with Crippen LogP contribution in [0.5, 0.6) is 0 Å². The number of rotatable bonds is 6. The highest BCUT2D eigenvalue weighted by Crippen LogP contribution is 2.34. The Morgan fingerprint density at radius 3 is 2.48 bits per heavy atom. The summed E-state index contributed by atoms with van der Waals surface area (Å²) in [6, 6.07) is 7.34. The lowest BCUT2D eigenvalue weighted by Crippen LogP contribution is -2.26. The highest BCUT2D eigenvalue weighted by molar-refractivity contribution is 6.05. The molecular formula is C19H20F3N3O2. The fourth-order valence-electron chi connectivity index (χ4n) is 2.30. The molecule has 0 atom stereocenters. The van der Waals surface area contributed by atoms with Gasteiger partial charge in [-0.3, -0.25) is 14.6 Å².